The Kier molecular flexibility index (Phi) is 4.53. The van der Waals surface area contributed by atoms with Crippen LogP contribution in [0.15, 0.2) is 41.3 Å². The molecule has 2 saturated carbocycles. The molecular formula is C22H21F2N3O2. The van der Waals surface area contributed by atoms with Crippen LogP contribution in [0.5, 0.6) is 5.88 Å². The Balaban J connectivity index is 1.70. The molecule has 5 rings (SSSR count). The van der Waals surface area contributed by atoms with E-state index < -0.39 is 12.3 Å². The third kappa shape index (κ3) is 3.73. The summed E-state index contributed by atoms with van der Waals surface area (Å²) in [5, 5.41) is 0.876. The standard InChI is InChI=1S/C22H21F2N3O2/c23-21(24)29-20-18(2-1-11-25-20)27-19-12-15(14-6-7-14)8-9-16(19)17(26-22(27)28)10-5-13-3-4-13/h1-2,8-9,11-14,21H,3-7,10H2. The summed E-state index contributed by atoms with van der Waals surface area (Å²) >= 11 is 0. The molecule has 0 spiro atoms. The lowest BCUT2D eigenvalue weighted by Gasteiger charge is -2.16. The second-order valence-corrected chi connectivity index (χ2v) is 7.92. The van der Waals surface area contributed by atoms with Gasteiger partial charge in [0.15, 0.2) is 0 Å². The van der Waals surface area contributed by atoms with Crippen LogP contribution < -0.4 is 10.4 Å². The van der Waals surface area contributed by atoms with E-state index in [1.165, 1.54) is 23.6 Å². The van der Waals surface area contributed by atoms with E-state index in [0.29, 0.717) is 11.4 Å². The van der Waals surface area contributed by atoms with Gasteiger partial charge in [0.2, 0.25) is 5.88 Å². The highest BCUT2D eigenvalue weighted by atomic mass is 19.3. The molecule has 0 aliphatic heterocycles. The second-order valence-electron chi connectivity index (χ2n) is 7.92. The van der Waals surface area contributed by atoms with Crippen molar-refractivity contribution >= 4 is 10.9 Å². The Hall–Kier alpha value is -2.83. The lowest BCUT2D eigenvalue weighted by Crippen LogP contribution is -2.25. The van der Waals surface area contributed by atoms with Crippen molar-refractivity contribution in [1.82, 2.24) is 14.5 Å². The fourth-order valence-electron chi connectivity index (χ4n) is 3.88. The molecule has 2 fully saturated rings. The van der Waals surface area contributed by atoms with E-state index in [2.05, 4.69) is 20.8 Å². The van der Waals surface area contributed by atoms with Gasteiger partial charge in [-0.15, -0.1) is 0 Å². The molecule has 0 unspecified atom stereocenters. The summed E-state index contributed by atoms with van der Waals surface area (Å²) in [6.07, 6.45) is 7.86. The van der Waals surface area contributed by atoms with Crippen LogP contribution in [0.2, 0.25) is 0 Å². The molecule has 2 heterocycles. The molecule has 0 amide bonds. The maximum Gasteiger partial charge on any atom is 0.388 e. The number of hydrogen-bond acceptors (Lipinski definition) is 4. The molecule has 5 nitrogen and oxygen atoms in total. The van der Waals surface area contributed by atoms with Crippen LogP contribution in [-0.2, 0) is 6.42 Å². The van der Waals surface area contributed by atoms with Crippen molar-refractivity contribution < 1.29 is 13.5 Å². The van der Waals surface area contributed by atoms with Crippen molar-refractivity contribution in [2.45, 2.75) is 51.1 Å². The molecule has 1 aromatic carbocycles. The van der Waals surface area contributed by atoms with Gasteiger partial charge in [-0.1, -0.05) is 25.0 Å². The molecule has 0 atom stereocenters. The summed E-state index contributed by atoms with van der Waals surface area (Å²) < 4.78 is 31.7. The number of ether oxygens (including phenoxy) is 1. The van der Waals surface area contributed by atoms with Crippen molar-refractivity contribution in [1.29, 1.82) is 0 Å². The van der Waals surface area contributed by atoms with Crippen LogP contribution >= 0.6 is 0 Å². The fourth-order valence-corrected chi connectivity index (χ4v) is 3.88. The smallest absolute Gasteiger partial charge is 0.388 e. The molecule has 29 heavy (non-hydrogen) atoms. The third-order valence-electron chi connectivity index (χ3n) is 5.72. The normalized spacial score (nSPS) is 16.5. The number of aromatic nitrogens is 3. The highest BCUT2D eigenvalue weighted by Gasteiger charge is 2.26. The van der Waals surface area contributed by atoms with Gasteiger partial charge in [-0.05, 0) is 61.3 Å². The van der Waals surface area contributed by atoms with Gasteiger partial charge in [0.25, 0.3) is 0 Å². The lowest BCUT2D eigenvalue weighted by atomic mass is 10.0. The number of benzene rings is 1. The molecule has 3 aromatic rings. The van der Waals surface area contributed by atoms with E-state index in [1.807, 2.05) is 12.1 Å². The minimum atomic E-state index is -3.03. The van der Waals surface area contributed by atoms with Crippen LogP contribution in [-0.4, -0.2) is 21.1 Å². The SMILES string of the molecule is O=c1nc(CCC2CC2)c2ccc(C3CC3)cc2n1-c1cccnc1OC(F)F. The molecule has 0 N–H and O–H groups in total. The maximum atomic E-state index is 13.0. The van der Waals surface area contributed by atoms with Crippen LogP contribution in [0.3, 0.4) is 0 Å². The average Bonchev–Trinajstić information content (AvgIpc) is 3.60. The number of pyridine rings is 1. The minimum absolute atomic E-state index is 0.178. The monoisotopic (exact) mass is 397 g/mol. The zero-order valence-corrected chi connectivity index (χ0v) is 15.9. The molecule has 2 aliphatic carbocycles. The van der Waals surface area contributed by atoms with E-state index in [0.717, 1.165) is 48.2 Å². The van der Waals surface area contributed by atoms with Crippen LogP contribution in [0, 0.1) is 5.92 Å². The van der Waals surface area contributed by atoms with Gasteiger partial charge >= 0.3 is 12.3 Å². The van der Waals surface area contributed by atoms with Crippen molar-refractivity contribution in [2.75, 3.05) is 0 Å². The Morgan fingerprint density at radius 3 is 2.72 bits per heavy atom. The van der Waals surface area contributed by atoms with E-state index in [4.69, 9.17) is 0 Å². The molecule has 0 saturated heterocycles. The van der Waals surface area contributed by atoms with E-state index in [9.17, 15) is 13.6 Å². The summed E-state index contributed by atoms with van der Waals surface area (Å²) in [6.45, 7) is -3.03. The Morgan fingerprint density at radius 2 is 2.00 bits per heavy atom. The second kappa shape index (κ2) is 7.21. The number of halogens is 2. The number of nitrogens with zero attached hydrogens (tertiary/aromatic N) is 3. The van der Waals surface area contributed by atoms with Crippen molar-refractivity contribution in [3.05, 3.63) is 58.3 Å². The summed E-state index contributed by atoms with van der Waals surface area (Å²) in [5.74, 6) is 0.941. The first kappa shape index (κ1) is 18.2. The number of hydrogen-bond donors (Lipinski definition) is 0. The predicted octanol–water partition coefficient (Wildman–Crippen LogP) is 4.60. The number of aryl methyl sites for hydroxylation is 1. The minimum Gasteiger partial charge on any atom is -0.415 e. The van der Waals surface area contributed by atoms with Crippen molar-refractivity contribution in [2.24, 2.45) is 5.92 Å². The summed E-state index contributed by atoms with van der Waals surface area (Å²) in [5.41, 5.74) is 2.29. The molecule has 0 radical (unpaired) electrons. The van der Waals surface area contributed by atoms with Gasteiger partial charge < -0.3 is 4.74 Å². The number of fused-ring (bicyclic) bond motifs is 1. The quantitative estimate of drug-likeness (QED) is 0.585. The summed E-state index contributed by atoms with van der Waals surface area (Å²) in [4.78, 5) is 21.3. The average molecular weight is 397 g/mol. The van der Waals surface area contributed by atoms with Gasteiger partial charge in [0, 0.05) is 11.6 Å². The van der Waals surface area contributed by atoms with Crippen molar-refractivity contribution in [3.63, 3.8) is 0 Å². The van der Waals surface area contributed by atoms with Crippen LogP contribution in [0.25, 0.3) is 16.6 Å². The zero-order valence-electron chi connectivity index (χ0n) is 15.9. The van der Waals surface area contributed by atoms with Crippen LogP contribution in [0.1, 0.15) is 49.3 Å². The first-order chi connectivity index (χ1) is 14.1. The molecule has 2 aromatic heterocycles. The van der Waals surface area contributed by atoms with Crippen LogP contribution in [0.4, 0.5) is 8.78 Å². The fraction of sp³-hybridized carbons (Fsp3) is 0.409. The van der Waals surface area contributed by atoms with E-state index in [1.54, 1.807) is 12.1 Å². The molecule has 0 bridgehead atoms. The van der Waals surface area contributed by atoms with Gasteiger partial charge in [-0.2, -0.15) is 13.8 Å². The molecule has 7 heteroatoms. The third-order valence-corrected chi connectivity index (χ3v) is 5.72. The Morgan fingerprint density at radius 1 is 1.17 bits per heavy atom. The van der Waals surface area contributed by atoms with E-state index in [-0.39, 0.29) is 11.6 Å². The molecule has 2 aliphatic rings. The van der Waals surface area contributed by atoms with Gasteiger partial charge in [0.1, 0.15) is 5.69 Å². The maximum absolute atomic E-state index is 13.0. The first-order valence-electron chi connectivity index (χ1n) is 10.1. The topological polar surface area (TPSA) is 57.0 Å². The number of alkyl halides is 2. The van der Waals surface area contributed by atoms with Crippen molar-refractivity contribution in [3.8, 4) is 11.6 Å². The Labute approximate surface area is 166 Å². The largest absolute Gasteiger partial charge is 0.415 e. The van der Waals surface area contributed by atoms with Gasteiger partial charge in [0.05, 0.1) is 11.2 Å². The van der Waals surface area contributed by atoms with Gasteiger partial charge in [-0.25, -0.2) is 9.78 Å². The van der Waals surface area contributed by atoms with E-state index >= 15 is 0 Å². The summed E-state index contributed by atoms with van der Waals surface area (Å²) in [7, 11) is 0. The van der Waals surface area contributed by atoms with Gasteiger partial charge in [-0.3, -0.25) is 4.57 Å². The predicted molar refractivity (Wildman–Crippen MR) is 105 cm³/mol. The lowest BCUT2D eigenvalue weighted by molar-refractivity contribution is -0.0528. The number of rotatable bonds is 7. The highest BCUT2D eigenvalue weighted by Crippen LogP contribution is 2.41. The summed E-state index contributed by atoms with van der Waals surface area (Å²) in [6, 6.07) is 9.25. The Bertz CT molecular complexity index is 1120. The molecular weight excluding hydrogens is 376 g/mol. The highest BCUT2D eigenvalue weighted by molar-refractivity contribution is 5.84. The first-order valence-corrected chi connectivity index (χ1v) is 10.1. The molecule has 150 valence electrons. The zero-order chi connectivity index (χ0) is 20.0.